The minimum absolute atomic E-state index is 0.0920. The molecule has 4 nitrogen and oxygen atoms in total. The molecule has 1 N–H and O–H groups in total. The first-order valence-corrected chi connectivity index (χ1v) is 9.00. The molecule has 1 fully saturated rings. The summed E-state index contributed by atoms with van der Waals surface area (Å²) in [5.41, 5.74) is -0.622. The first kappa shape index (κ1) is 16.7. The molecule has 1 aromatic rings. The van der Waals surface area contributed by atoms with Gasteiger partial charge < -0.3 is 5.11 Å². The maximum Gasteiger partial charge on any atom is 0.246 e. The van der Waals surface area contributed by atoms with Crippen LogP contribution in [0.25, 0.3) is 0 Å². The number of halogens is 2. The Morgan fingerprint density at radius 2 is 2.05 bits per heavy atom. The van der Waals surface area contributed by atoms with Gasteiger partial charge in [-0.05, 0) is 19.1 Å². The van der Waals surface area contributed by atoms with Crippen LogP contribution in [0.2, 0.25) is 0 Å². The highest BCUT2D eigenvalue weighted by molar-refractivity contribution is 8.00. The molecule has 1 saturated heterocycles. The number of sulfonamides is 1. The second-order valence-electron chi connectivity index (χ2n) is 4.93. The van der Waals surface area contributed by atoms with Gasteiger partial charge in [-0.2, -0.15) is 16.1 Å². The van der Waals surface area contributed by atoms with Gasteiger partial charge in [0.2, 0.25) is 10.0 Å². The third kappa shape index (κ3) is 2.94. The first-order valence-electron chi connectivity index (χ1n) is 6.52. The van der Waals surface area contributed by atoms with Crippen molar-refractivity contribution in [3.8, 4) is 0 Å². The Morgan fingerprint density at radius 3 is 2.67 bits per heavy atom. The smallest absolute Gasteiger partial charge is 0.246 e. The summed E-state index contributed by atoms with van der Waals surface area (Å²) in [4.78, 5) is -0.584. The number of aliphatic hydroxyl groups excluding tert-OH is 1. The Morgan fingerprint density at radius 1 is 1.38 bits per heavy atom. The summed E-state index contributed by atoms with van der Waals surface area (Å²) in [5, 5.41) is 9.09. The quantitative estimate of drug-likeness (QED) is 0.916. The van der Waals surface area contributed by atoms with Crippen LogP contribution in [0.3, 0.4) is 0 Å². The molecular formula is C13H17F2NO3S2. The molecule has 1 heterocycles. The van der Waals surface area contributed by atoms with Gasteiger partial charge in [0.25, 0.3) is 0 Å². The average Bonchev–Trinajstić information content (AvgIpc) is 2.41. The summed E-state index contributed by atoms with van der Waals surface area (Å²) in [7, 11) is -4.06. The molecule has 1 aliphatic rings. The van der Waals surface area contributed by atoms with Crippen molar-refractivity contribution in [1.29, 1.82) is 0 Å². The zero-order valence-corrected chi connectivity index (χ0v) is 13.3. The van der Waals surface area contributed by atoms with E-state index in [9.17, 15) is 17.2 Å². The lowest BCUT2D eigenvalue weighted by Crippen LogP contribution is -2.48. The van der Waals surface area contributed by atoms with E-state index >= 15 is 0 Å². The third-order valence-electron chi connectivity index (χ3n) is 3.72. The van der Waals surface area contributed by atoms with Crippen molar-refractivity contribution >= 4 is 21.8 Å². The number of nitrogens with zero attached hydrogens (tertiary/aromatic N) is 1. The van der Waals surface area contributed by atoms with E-state index in [-0.39, 0.29) is 17.8 Å². The lowest BCUT2D eigenvalue weighted by molar-refractivity contribution is 0.267. The van der Waals surface area contributed by atoms with Gasteiger partial charge in [0.1, 0.15) is 10.7 Å². The van der Waals surface area contributed by atoms with Gasteiger partial charge in [0.05, 0.1) is 12.2 Å². The largest absolute Gasteiger partial charge is 0.391 e. The van der Waals surface area contributed by atoms with Crippen molar-refractivity contribution in [2.24, 2.45) is 0 Å². The average molecular weight is 337 g/mol. The van der Waals surface area contributed by atoms with Crippen LogP contribution >= 0.6 is 11.8 Å². The van der Waals surface area contributed by atoms with Crippen LogP contribution in [0.1, 0.15) is 19.4 Å². The highest BCUT2D eigenvalue weighted by atomic mass is 32.2. The molecule has 21 heavy (non-hydrogen) atoms. The molecule has 0 aromatic heterocycles. The topological polar surface area (TPSA) is 57.6 Å². The second kappa shape index (κ2) is 6.20. The predicted molar refractivity (Wildman–Crippen MR) is 77.6 cm³/mol. The molecule has 2 rings (SSSR count). The lowest BCUT2D eigenvalue weighted by Gasteiger charge is -2.36. The number of thioether (sulfide) groups is 1. The summed E-state index contributed by atoms with van der Waals surface area (Å²) >= 11 is 1.66. The number of hydrogen-bond acceptors (Lipinski definition) is 4. The van der Waals surface area contributed by atoms with Crippen molar-refractivity contribution in [3.05, 3.63) is 29.3 Å². The number of aliphatic hydroxyl groups is 1. The standard InChI is InChI=1S/C13H17F2NO3S2/c1-8-9(2)20-6-5-16(8)21(18,19)12-4-3-11(14)10(7-17)13(12)15/h3-4,8-9,17H,5-7H2,1-2H3. The molecule has 0 saturated carbocycles. The van der Waals surface area contributed by atoms with Crippen LogP contribution in [0.15, 0.2) is 17.0 Å². The summed E-state index contributed by atoms with van der Waals surface area (Å²) in [5.74, 6) is -1.54. The molecule has 8 heteroatoms. The van der Waals surface area contributed by atoms with E-state index in [2.05, 4.69) is 0 Å². The van der Waals surface area contributed by atoms with Crippen molar-refractivity contribution in [2.45, 2.75) is 36.6 Å². The fraction of sp³-hybridized carbons (Fsp3) is 0.538. The highest BCUT2D eigenvalue weighted by Crippen LogP contribution is 2.31. The second-order valence-corrected chi connectivity index (χ2v) is 8.27. The van der Waals surface area contributed by atoms with Crippen LogP contribution in [-0.2, 0) is 16.6 Å². The maximum atomic E-state index is 14.2. The molecule has 0 aliphatic carbocycles. The molecule has 2 unspecified atom stereocenters. The van der Waals surface area contributed by atoms with E-state index in [1.54, 1.807) is 18.7 Å². The van der Waals surface area contributed by atoms with Gasteiger partial charge in [-0.1, -0.05) is 6.92 Å². The number of rotatable bonds is 3. The SMILES string of the molecule is CC1SCCN(S(=O)(=O)c2ccc(F)c(CO)c2F)C1C. The van der Waals surface area contributed by atoms with E-state index in [1.165, 1.54) is 4.31 Å². The fourth-order valence-electron chi connectivity index (χ4n) is 2.29. The molecule has 118 valence electrons. The van der Waals surface area contributed by atoms with Gasteiger partial charge in [0, 0.05) is 23.6 Å². The summed E-state index contributed by atoms with van der Waals surface area (Å²) in [6.45, 7) is 3.08. The Bertz CT molecular complexity index is 637. The van der Waals surface area contributed by atoms with Crippen molar-refractivity contribution < 1.29 is 22.3 Å². The van der Waals surface area contributed by atoms with Gasteiger partial charge in [-0.3, -0.25) is 0 Å². The third-order valence-corrected chi connectivity index (χ3v) is 7.06. The van der Waals surface area contributed by atoms with Gasteiger partial charge >= 0.3 is 0 Å². The zero-order valence-electron chi connectivity index (χ0n) is 11.7. The molecule has 2 atom stereocenters. The number of benzene rings is 1. The zero-order chi connectivity index (χ0) is 15.8. The van der Waals surface area contributed by atoms with Crippen molar-refractivity contribution in [3.63, 3.8) is 0 Å². The van der Waals surface area contributed by atoms with E-state index in [1.807, 2.05) is 6.92 Å². The van der Waals surface area contributed by atoms with Crippen LogP contribution in [0.5, 0.6) is 0 Å². The van der Waals surface area contributed by atoms with Gasteiger partial charge in [0.15, 0.2) is 5.82 Å². The summed E-state index contributed by atoms with van der Waals surface area (Å²) in [6, 6.07) is 1.50. The van der Waals surface area contributed by atoms with Gasteiger partial charge in [-0.25, -0.2) is 17.2 Å². The maximum absolute atomic E-state index is 14.2. The molecular weight excluding hydrogens is 320 g/mol. The van der Waals surface area contributed by atoms with E-state index in [4.69, 9.17) is 5.11 Å². The minimum atomic E-state index is -4.06. The molecule has 0 radical (unpaired) electrons. The normalized spacial score (nSPS) is 24.2. The molecule has 0 spiro atoms. The van der Waals surface area contributed by atoms with Crippen LogP contribution in [-0.4, -0.2) is 41.4 Å². The molecule has 1 aliphatic heterocycles. The van der Waals surface area contributed by atoms with Gasteiger partial charge in [-0.15, -0.1) is 0 Å². The first-order chi connectivity index (χ1) is 9.80. The minimum Gasteiger partial charge on any atom is -0.391 e. The van der Waals surface area contributed by atoms with Crippen molar-refractivity contribution in [2.75, 3.05) is 12.3 Å². The van der Waals surface area contributed by atoms with Crippen LogP contribution in [0, 0.1) is 11.6 Å². The predicted octanol–water partition coefficient (Wildman–Crippen LogP) is 1.97. The Kier molecular flexibility index (Phi) is 4.92. The Balaban J connectivity index is 2.49. The molecule has 1 aromatic carbocycles. The van der Waals surface area contributed by atoms with Crippen LogP contribution in [0.4, 0.5) is 8.78 Å². The lowest BCUT2D eigenvalue weighted by atomic mass is 10.2. The van der Waals surface area contributed by atoms with E-state index < -0.39 is 38.7 Å². The van der Waals surface area contributed by atoms with Crippen LogP contribution < -0.4 is 0 Å². The van der Waals surface area contributed by atoms with Crippen molar-refractivity contribution in [1.82, 2.24) is 4.31 Å². The van der Waals surface area contributed by atoms with E-state index in [0.29, 0.717) is 5.75 Å². The summed E-state index contributed by atoms with van der Waals surface area (Å²) < 4.78 is 54.1. The highest BCUT2D eigenvalue weighted by Gasteiger charge is 2.37. The monoisotopic (exact) mass is 337 g/mol. The fourth-order valence-corrected chi connectivity index (χ4v) is 5.38. The Labute approximate surface area is 127 Å². The molecule has 0 bridgehead atoms. The summed E-state index contributed by atoms with van der Waals surface area (Å²) in [6.07, 6.45) is 0. The molecule has 0 amide bonds. The Hall–Kier alpha value is -0.700. The number of hydrogen-bond donors (Lipinski definition) is 1. The van der Waals surface area contributed by atoms with E-state index in [0.717, 1.165) is 12.1 Å².